The van der Waals surface area contributed by atoms with Gasteiger partial charge in [-0.05, 0) is 38.1 Å². The van der Waals surface area contributed by atoms with Gasteiger partial charge < -0.3 is 14.2 Å². The number of carboxylic acid groups (broad SMARTS) is 1. The second-order valence-electron chi connectivity index (χ2n) is 3.28. The van der Waals surface area contributed by atoms with E-state index in [4.69, 9.17) is 14.2 Å². The van der Waals surface area contributed by atoms with E-state index in [0.717, 1.165) is 0 Å². The van der Waals surface area contributed by atoms with Crippen LogP contribution in [0.2, 0.25) is 0 Å². The fourth-order valence-electron chi connectivity index (χ4n) is 1.25. The predicted molar refractivity (Wildman–Crippen MR) is 67.9 cm³/mol. The first-order valence-corrected chi connectivity index (χ1v) is 6.71. The van der Waals surface area contributed by atoms with Gasteiger partial charge in [0.2, 0.25) is 13.9 Å². The molecule has 0 fully saturated rings. The highest BCUT2D eigenvalue weighted by Gasteiger charge is 2.22. The van der Waals surface area contributed by atoms with Gasteiger partial charge in [0.1, 0.15) is 0 Å². The maximum Gasteiger partial charge on any atom is 0.335 e. The molecule has 0 saturated heterocycles. The Bertz CT molecular complexity index is 409. The molecule has 0 aromatic heterocycles. The van der Waals surface area contributed by atoms with E-state index >= 15 is 0 Å². The van der Waals surface area contributed by atoms with E-state index < -0.39 is 14.3 Å². The second kappa shape index (κ2) is 7.21. The molecule has 1 aromatic carbocycles. The molecule has 0 saturated carbocycles. The van der Waals surface area contributed by atoms with E-state index in [1.807, 2.05) is 0 Å². The van der Waals surface area contributed by atoms with Crippen LogP contribution in [0.4, 0.5) is 0 Å². The van der Waals surface area contributed by atoms with Crippen LogP contribution >= 0.6 is 8.38 Å². The van der Waals surface area contributed by atoms with Gasteiger partial charge in [0.25, 0.3) is 0 Å². The lowest BCUT2D eigenvalue weighted by atomic mass is 10.1. The number of carbonyl (C=O) groups is 2. The fraction of sp³-hybridized carbons (Fsp3) is 0.333. The van der Waals surface area contributed by atoms with Gasteiger partial charge in [0.15, 0.2) is 0 Å². The van der Waals surface area contributed by atoms with Gasteiger partial charge in [-0.25, -0.2) is 4.79 Å². The molecule has 0 aliphatic carbocycles. The number of aromatic carboxylic acids is 1. The summed E-state index contributed by atoms with van der Waals surface area (Å²) < 4.78 is 10.5. The van der Waals surface area contributed by atoms with Gasteiger partial charge in [-0.3, -0.25) is 4.79 Å². The van der Waals surface area contributed by atoms with Crippen molar-refractivity contribution in [3.8, 4) is 0 Å². The van der Waals surface area contributed by atoms with Crippen molar-refractivity contribution in [2.75, 3.05) is 13.2 Å². The summed E-state index contributed by atoms with van der Waals surface area (Å²) in [5.41, 5.74) is 0.294. The SMILES string of the molecule is CCOP(OCC)C(=O)c1ccc(C(=O)O)cc1. The number of hydrogen-bond donors (Lipinski definition) is 1. The number of rotatable bonds is 7. The highest BCUT2D eigenvalue weighted by molar-refractivity contribution is 7.66. The molecular formula is C12H15O5P. The minimum atomic E-state index is -1.61. The third-order valence-electron chi connectivity index (χ3n) is 2.04. The molecule has 0 spiro atoms. The van der Waals surface area contributed by atoms with Gasteiger partial charge in [0, 0.05) is 5.56 Å². The number of carboxylic acids is 1. The molecule has 6 heteroatoms. The number of benzene rings is 1. The lowest BCUT2D eigenvalue weighted by Gasteiger charge is -2.13. The normalized spacial score (nSPS) is 10.6. The zero-order valence-corrected chi connectivity index (χ0v) is 11.1. The van der Waals surface area contributed by atoms with Gasteiger partial charge in [-0.1, -0.05) is 0 Å². The number of carbonyl (C=O) groups excluding carboxylic acids is 1. The van der Waals surface area contributed by atoms with Gasteiger partial charge >= 0.3 is 5.97 Å². The van der Waals surface area contributed by atoms with E-state index in [9.17, 15) is 9.59 Å². The third-order valence-corrected chi connectivity index (χ3v) is 3.61. The molecule has 1 N–H and O–H groups in total. The molecule has 1 aromatic rings. The molecule has 18 heavy (non-hydrogen) atoms. The summed E-state index contributed by atoms with van der Waals surface area (Å²) >= 11 is 0. The molecule has 98 valence electrons. The van der Waals surface area contributed by atoms with E-state index in [-0.39, 0.29) is 11.1 Å². The van der Waals surface area contributed by atoms with Crippen molar-refractivity contribution >= 4 is 19.9 Å². The van der Waals surface area contributed by atoms with Crippen LogP contribution in [0.15, 0.2) is 24.3 Å². The van der Waals surface area contributed by atoms with Crippen LogP contribution in [0.1, 0.15) is 34.6 Å². The second-order valence-corrected chi connectivity index (χ2v) is 4.72. The van der Waals surface area contributed by atoms with Gasteiger partial charge in [0.05, 0.1) is 18.8 Å². The third kappa shape index (κ3) is 3.88. The van der Waals surface area contributed by atoms with E-state index in [1.54, 1.807) is 13.8 Å². The summed E-state index contributed by atoms with van der Waals surface area (Å²) in [6.07, 6.45) is 0. The van der Waals surface area contributed by atoms with Crippen molar-refractivity contribution in [1.29, 1.82) is 0 Å². The standard InChI is InChI=1S/C12H15O5P/c1-3-16-18(17-4-2)12(15)10-7-5-9(6-8-10)11(13)14/h5-8H,3-4H2,1-2H3,(H,13,14). The predicted octanol–water partition coefficient (Wildman–Crippen LogP) is 2.91. The molecule has 0 unspecified atom stereocenters. The Labute approximate surface area is 107 Å². The Morgan fingerprint density at radius 3 is 1.89 bits per heavy atom. The van der Waals surface area contributed by atoms with E-state index in [0.29, 0.717) is 18.8 Å². The van der Waals surface area contributed by atoms with Gasteiger partial charge in [-0.2, -0.15) is 0 Å². The fourth-order valence-corrected chi connectivity index (χ4v) is 2.39. The average molecular weight is 270 g/mol. The zero-order valence-electron chi connectivity index (χ0n) is 10.3. The van der Waals surface area contributed by atoms with Crippen molar-refractivity contribution in [2.24, 2.45) is 0 Å². The van der Waals surface area contributed by atoms with Crippen LogP contribution in [0.5, 0.6) is 0 Å². The summed E-state index contributed by atoms with van der Waals surface area (Å²) in [4.78, 5) is 22.7. The largest absolute Gasteiger partial charge is 0.478 e. The zero-order chi connectivity index (χ0) is 13.5. The first-order chi connectivity index (χ1) is 8.60. The molecule has 0 heterocycles. The summed E-state index contributed by atoms with van der Waals surface area (Å²) in [5.74, 6) is -1.02. The quantitative estimate of drug-likeness (QED) is 0.771. The summed E-state index contributed by atoms with van der Waals surface area (Å²) in [6, 6.07) is 5.72. The van der Waals surface area contributed by atoms with Crippen LogP contribution in [0, 0.1) is 0 Å². The lowest BCUT2D eigenvalue weighted by molar-refractivity contribution is 0.0696. The topological polar surface area (TPSA) is 72.8 Å². The van der Waals surface area contributed by atoms with Crippen molar-refractivity contribution in [3.05, 3.63) is 35.4 Å². The smallest absolute Gasteiger partial charge is 0.335 e. The molecule has 1 rings (SSSR count). The summed E-state index contributed by atoms with van der Waals surface area (Å²) in [5, 5.41) is 8.76. The van der Waals surface area contributed by atoms with Crippen molar-refractivity contribution in [1.82, 2.24) is 0 Å². The van der Waals surface area contributed by atoms with Crippen LogP contribution in [-0.2, 0) is 9.05 Å². The highest BCUT2D eigenvalue weighted by atomic mass is 31.2. The van der Waals surface area contributed by atoms with Crippen molar-refractivity contribution < 1.29 is 23.7 Å². The van der Waals surface area contributed by atoms with Crippen LogP contribution in [0.3, 0.4) is 0 Å². The first-order valence-electron chi connectivity index (χ1n) is 5.53. The molecule has 0 aliphatic heterocycles. The Morgan fingerprint density at radius 1 is 1.06 bits per heavy atom. The van der Waals surface area contributed by atoms with Crippen molar-refractivity contribution in [2.45, 2.75) is 13.8 Å². The van der Waals surface area contributed by atoms with E-state index in [1.165, 1.54) is 24.3 Å². The molecule has 0 aliphatic rings. The number of hydrogen-bond acceptors (Lipinski definition) is 4. The maximum atomic E-state index is 12.0. The first kappa shape index (κ1) is 14.8. The van der Waals surface area contributed by atoms with Crippen LogP contribution in [-0.4, -0.2) is 29.8 Å². The minimum absolute atomic E-state index is 0.142. The summed E-state index contributed by atoms with van der Waals surface area (Å²) in [6.45, 7) is 4.36. The molecule has 0 radical (unpaired) electrons. The summed E-state index contributed by atoms with van der Waals surface area (Å²) in [7, 11) is -1.61. The molecule has 0 bridgehead atoms. The molecule has 0 atom stereocenters. The lowest BCUT2D eigenvalue weighted by Crippen LogP contribution is -2.04. The minimum Gasteiger partial charge on any atom is -0.478 e. The van der Waals surface area contributed by atoms with Crippen LogP contribution < -0.4 is 0 Å². The Balaban J connectivity index is 2.84. The Kier molecular flexibility index (Phi) is 5.92. The Hall–Kier alpha value is -1.29. The molecule has 0 amide bonds. The monoisotopic (exact) mass is 270 g/mol. The Morgan fingerprint density at radius 2 is 1.50 bits per heavy atom. The van der Waals surface area contributed by atoms with Crippen molar-refractivity contribution in [3.63, 3.8) is 0 Å². The maximum absolute atomic E-state index is 12.0. The average Bonchev–Trinajstić information content (AvgIpc) is 2.38. The van der Waals surface area contributed by atoms with E-state index in [2.05, 4.69) is 0 Å². The molecular weight excluding hydrogens is 255 g/mol. The molecule has 5 nitrogen and oxygen atoms in total. The van der Waals surface area contributed by atoms with Gasteiger partial charge in [-0.15, -0.1) is 0 Å². The van der Waals surface area contributed by atoms with Crippen LogP contribution in [0.25, 0.3) is 0 Å². The highest BCUT2D eigenvalue weighted by Crippen LogP contribution is 2.41.